The first-order valence-electron chi connectivity index (χ1n) is 4.40. The number of ether oxygens (including phenoxy) is 1. The molecule has 0 aliphatic carbocycles. The van der Waals surface area contributed by atoms with Crippen LogP contribution in [0.4, 0.5) is 0 Å². The number of aliphatic hydroxyl groups excluding tert-OH is 1. The van der Waals surface area contributed by atoms with Crippen molar-refractivity contribution in [1.82, 2.24) is 0 Å². The van der Waals surface area contributed by atoms with E-state index in [9.17, 15) is 9.90 Å². The van der Waals surface area contributed by atoms with Gasteiger partial charge in [-0.05, 0) is 12.1 Å². The molecule has 0 saturated heterocycles. The van der Waals surface area contributed by atoms with E-state index in [1.165, 1.54) is 0 Å². The summed E-state index contributed by atoms with van der Waals surface area (Å²) in [5, 5.41) is 9.18. The molecule has 4 nitrogen and oxygen atoms in total. The molecular weight excluding hydrogens is 218 g/mol. The van der Waals surface area contributed by atoms with E-state index in [1.54, 1.807) is 24.3 Å². The molecule has 0 aliphatic heterocycles. The summed E-state index contributed by atoms with van der Waals surface area (Å²) in [6.45, 7) is 0.0355. The molecule has 82 valence electrons. The van der Waals surface area contributed by atoms with Crippen molar-refractivity contribution in [1.29, 1.82) is 0 Å². The average molecular weight is 230 g/mol. The molecule has 3 N–H and O–H groups in total. The van der Waals surface area contributed by atoms with E-state index < -0.39 is 12.0 Å². The average Bonchev–Trinajstić information content (AvgIpc) is 2.26. The van der Waals surface area contributed by atoms with Crippen LogP contribution in [0.5, 0.6) is 5.75 Å². The second-order valence-electron chi connectivity index (χ2n) is 2.98. The Balaban J connectivity index is 2.72. The summed E-state index contributed by atoms with van der Waals surface area (Å²) in [5.74, 6) is -0.126. The van der Waals surface area contributed by atoms with Gasteiger partial charge in [0.15, 0.2) is 0 Å². The summed E-state index contributed by atoms with van der Waals surface area (Å²) in [5.41, 5.74) is 5.44. The van der Waals surface area contributed by atoms with Crippen molar-refractivity contribution < 1.29 is 14.6 Å². The zero-order valence-electron chi connectivity index (χ0n) is 8.02. The van der Waals surface area contributed by atoms with Crippen molar-refractivity contribution in [2.45, 2.75) is 6.10 Å². The molecule has 1 unspecified atom stereocenters. The number of carbonyl (C=O) groups is 1. The number of para-hydroxylation sites is 1. The summed E-state index contributed by atoms with van der Waals surface area (Å²) in [6, 6.07) is 6.57. The third-order valence-electron chi connectivity index (χ3n) is 1.76. The van der Waals surface area contributed by atoms with Gasteiger partial charge in [-0.1, -0.05) is 12.1 Å². The predicted octanol–water partition coefficient (Wildman–Crippen LogP) is 0.764. The Morgan fingerprint density at radius 2 is 2.20 bits per heavy atom. The lowest BCUT2D eigenvalue weighted by Gasteiger charge is -2.11. The first-order valence-corrected chi connectivity index (χ1v) is 4.94. The van der Waals surface area contributed by atoms with Crippen LogP contribution >= 0.6 is 11.6 Å². The van der Waals surface area contributed by atoms with Crippen LogP contribution < -0.4 is 10.5 Å². The maximum atomic E-state index is 11.0. The maximum Gasteiger partial charge on any atom is 0.252 e. The first kappa shape index (κ1) is 11.8. The van der Waals surface area contributed by atoms with E-state index in [4.69, 9.17) is 22.1 Å². The van der Waals surface area contributed by atoms with Crippen LogP contribution in [-0.2, 0) is 0 Å². The Bertz CT molecular complexity index is 343. The monoisotopic (exact) mass is 229 g/mol. The highest BCUT2D eigenvalue weighted by atomic mass is 35.5. The molecule has 15 heavy (non-hydrogen) atoms. The number of amides is 1. The van der Waals surface area contributed by atoms with Gasteiger partial charge in [0.2, 0.25) is 0 Å². The third kappa shape index (κ3) is 3.42. The number of primary amides is 1. The summed E-state index contributed by atoms with van der Waals surface area (Å²) in [6.07, 6.45) is -0.757. The minimum Gasteiger partial charge on any atom is -0.490 e. The first-order chi connectivity index (χ1) is 7.15. The number of hydrogen-bond acceptors (Lipinski definition) is 3. The normalized spacial score (nSPS) is 12.1. The standard InChI is InChI=1S/C10H12ClNO3/c11-5-7(13)6-15-9-4-2-1-3-8(9)10(12)14/h1-4,7,13H,5-6H2,(H2,12,14). The summed E-state index contributed by atoms with van der Waals surface area (Å²) < 4.78 is 5.22. The Morgan fingerprint density at radius 1 is 1.53 bits per heavy atom. The number of halogens is 1. The van der Waals surface area contributed by atoms with Gasteiger partial charge in [0.05, 0.1) is 11.4 Å². The second-order valence-corrected chi connectivity index (χ2v) is 3.29. The van der Waals surface area contributed by atoms with Crippen molar-refractivity contribution >= 4 is 17.5 Å². The lowest BCUT2D eigenvalue weighted by atomic mass is 10.2. The molecule has 0 radical (unpaired) electrons. The molecule has 0 aliphatic rings. The number of aliphatic hydroxyl groups is 1. The Kier molecular flexibility index (Phi) is 4.39. The molecule has 1 amide bonds. The number of carbonyl (C=O) groups excluding carboxylic acids is 1. The number of alkyl halides is 1. The Labute approximate surface area is 92.6 Å². The van der Waals surface area contributed by atoms with Gasteiger partial charge in [0.25, 0.3) is 5.91 Å². The van der Waals surface area contributed by atoms with Crippen LogP contribution in [0.15, 0.2) is 24.3 Å². The van der Waals surface area contributed by atoms with Gasteiger partial charge < -0.3 is 15.6 Å². The van der Waals surface area contributed by atoms with Crippen molar-refractivity contribution in [3.63, 3.8) is 0 Å². The Hall–Kier alpha value is -1.26. The number of nitrogens with two attached hydrogens (primary N) is 1. The quantitative estimate of drug-likeness (QED) is 0.733. The molecule has 0 spiro atoms. The summed E-state index contributed by atoms with van der Waals surface area (Å²) in [4.78, 5) is 11.0. The fraction of sp³-hybridized carbons (Fsp3) is 0.300. The van der Waals surface area contributed by atoms with Crippen LogP contribution in [0.25, 0.3) is 0 Å². The van der Waals surface area contributed by atoms with Crippen LogP contribution in [0.3, 0.4) is 0 Å². The number of benzene rings is 1. The number of rotatable bonds is 5. The van der Waals surface area contributed by atoms with E-state index in [1.807, 2.05) is 0 Å². The van der Waals surface area contributed by atoms with Gasteiger partial charge in [0, 0.05) is 0 Å². The fourth-order valence-corrected chi connectivity index (χ4v) is 1.12. The van der Waals surface area contributed by atoms with Gasteiger partial charge in [-0.3, -0.25) is 4.79 Å². The highest BCUT2D eigenvalue weighted by Crippen LogP contribution is 2.17. The molecule has 0 heterocycles. The van der Waals surface area contributed by atoms with Crippen LogP contribution in [0.1, 0.15) is 10.4 Å². The second kappa shape index (κ2) is 5.58. The summed E-state index contributed by atoms with van der Waals surface area (Å²) >= 11 is 5.40. The van der Waals surface area contributed by atoms with E-state index in [0.29, 0.717) is 11.3 Å². The maximum absolute atomic E-state index is 11.0. The topological polar surface area (TPSA) is 72.6 Å². The molecule has 1 rings (SSSR count). The minimum atomic E-state index is -0.757. The van der Waals surface area contributed by atoms with Crippen LogP contribution in [0, 0.1) is 0 Å². The number of hydrogen-bond donors (Lipinski definition) is 2. The molecular formula is C10H12ClNO3. The predicted molar refractivity (Wildman–Crippen MR) is 57.2 cm³/mol. The molecule has 0 aromatic heterocycles. The van der Waals surface area contributed by atoms with Crippen molar-refractivity contribution in [3.8, 4) is 5.75 Å². The van der Waals surface area contributed by atoms with Crippen molar-refractivity contribution in [2.75, 3.05) is 12.5 Å². The van der Waals surface area contributed by atoms with E-state index in [2.05, 4.69) is 0 Å². The minimum absolute atomic E-state index is 0.0355. The van der Waals surface area contributed by atoms with E-state index in [0.717, 1.165) is 0 Å². The molecule has 1 atom stereocenters. The zero-order chi connectivity index (χ0) is 11.3. The van der Waals surface area contributed by atoms with Crippen LogP contribution in [0.2, 0.25) is 0 Å². The van der Waals surface area contributed by atoms with Crippen molar-refractivity contribution in [3.05, 3.63) is 29.8 Å². The fourth-order valence-electron chi connectivity index (χ4n) is 1.03. The molecule has 0 bridgehead atoms. The third-order valence-corrected chi connectivity index (χ3v) is 2.12. The molecule has 5 heteroatoms. The van der Waals surface area contributed by atoms with Gasteiger partial charge in [-0.15, -0.1) is 11.6 Å². The molecule has 0 saturated carbocycles. The highest BCUT2D eigenvalue weighted by Gasteiger charge is 2.09. The van der Waals surface area contributed by atoms with Crippen LogP contribution in [-0.4, -0.2) is 29.6 Å². The smallest absolute Gasteiger partial charge is 0.252 e. The summed E-state index contributed by atoms with van der Waals surface area (Å²) in [7, 11) is 0. The molecule has 1 aromatic rings. The van der Waals surface area contributed by atoms with Gasteiger partial charge >= 0.3 is 0 Å². The molecule has 0 fully saturated rings. The Morgan fingerprint density at radius 3 is 2.80 bits per heavy atom. The van der Waals surface area contributed by atoms with Crippen molar-refractivity contribution in [2.24, 2.45) is 5.73 Å². The lowest BCUT2D eigenvalue weighted by Crippen LogP contribution is -2.20. The molecule has 1 aromatic carbocycles. The highest BCUT2D eigenvalue weighted by molar-refractivity contribution is 6.18. The zero-order valence-corrected chi connectivity index (χ0v) is 8.78. The lowest BCUT2D eigenvalue weighted by molar-refractivity contribution is 0.0984. The van der Waals surface area contributed by atoms with E-state index >= 15 is 0 Å². The van der Waals surface area contributed by atoms with Gasteiger partial charge in [-0.2, -0.15) is 0 Å². The van der Waals surface area contributed by atoms with E-state index in [-0.39, 0.29) is 12.5 Å². The van der Waals surface area contributed by atoms with Gasteiger partial charge in [-0.25, -0.2) is 0 Å². The van der Waals surface area contributed by atoms with Gasteiger partial charge in [0.1, 0.15) is 18.5 Å². The largest absolute Gasteiger partial charge is 0.490 e. The SMILES string of the molecule is NC(=O)c1ccccc1OCC(O)CCl.